The SMILES string of the molecule is COc1cccc([C@@H](Nc2c(C#N)c(=O)n(C)c(=O)n2C)c2nccn2C)c1. The van der Waals surface area contributed by atoms with E-state index in [1.54, 1.807) is 19.5 Å². The highest BCUT2D eigenvalue weighted by Crippen LogP contribution is 2.28. The van der Waals surface area contributed by atoms with Crippen molar-refractivity contribution < 1.29 is 4.74 Å². The van der Waals surface area contributed by atoms with Crippen LogP contribution in [0.4, 0.5) is 5.82 Å². The first-order valence-electron chi connectivity index (χ1n) is 8.46. The van der Waals surface area contributed by atoms with Crippen molar-refractivity contribution in [2.75, 3.05) is 12.4 Å². The predicted octanol–water partition coefficient (Wildman–Crippen LogP) is 0.899. The molecule has 0 radical (unpaired) electrons. The van der Waals surface area contributed by atoms with Gasteiger partial charge in [-0.05, 0) is 17.7 Å². The molecule has 9 nitrogen and oxygen atoms in total. The smallest absolute Gasteiger partial charge is 0.332 e. The van der Waals surface area contributed by atoms with Crippen molar-refractivity contribution in [1.29, 1.82) is 5.26 Å². The van der Waals surface area contributed by atoms with Gasteiger partial charge in [0.05, 0.1) is 7.11 Å². The molecule has 1 aromatic carbocycles. The van der Waals surface area contributed by atoms with Gasteiger partial charge in [0.15, 0.2) is 5.56 Å². The zero-order valence-corrected chi connectivity index (χ0v) is 16.0. The molecular formula is C19H20N6O3. The monoisotopic (exact) mass is 380 g/mol. The van der Waals surface area contributed by atoms with E-state index in [-0.39, 0.29) is 11.4 Å². The second-order valence-electron chi connectivity index (χ2n) is 6.29. The molecule has 28 heavy (non-hydrogen) atoms. The maximum absolute atomic E-state index is 12.4. The van der Waals surface area contributed by atoms with E-state index in [4.69, 9.17) is 4.74 Å². The summed E-state index contributed by atoms with van der Waals surface area (Å²) in [6.45, 7) is 0. The Kier molecular flexibility index (Phi) is 5.04. The number of rotatable bonds is 5. The van der Waals surface area contributed by atoms with Crippen molar-refractivity contribution in [2.24, 2.45) is 21.1 Å². The third kappa shape index (κ3) is 3.16. The standard InChI is InChI=1S/C19H20N6O3/c1-23-9-8-21-17(23)15(12-6-5-7-13(10-12)28-4)22-16-14(11-20)18(26)25(3)19(27)24(16)2/h5-10,15,22H,1-4H3/t15-/m1/s1. The first-order valence-corrected chi connectivity index (χ1v) is 8.46. The van der Waals surface area contributed by atoms with Crippen LogP contribution in [-0.2, 0) is 21.1 Å². The summed E-state index contributed by atoms with van der Waals surface area (Å²) in [5.74, 6) is 1.42. The van der Waals surface area contributed by atoms with Crippen LogP contribution in [0.5, 0.6) is 5.75 Å². The Bertz CT molecular complexity index is 1180. The summed E-state index contributed by atoms with van der Waals surface area (Å²) in [5.41, 5.74) is -0.537. The average molecular weight is 380 g/mol. The van der Waals surface area contributed by atoms with Crippen molar-refractivity contribution >= 4 is 5.82 Å². The van der Waals surface area contributed by atoms with Gasteiger partial charge in [0, 0.05) is 33.5 Å². The molecule has 0 amide bonds. The summed E-state index contributed by atoms with van der Waals surface area (Å²) in [4.78, 5) is 29.2. The van der Waals surface area contributed by atoms with Crippen LogP contribution in [0.3, 0.4) is 0 Å². The fraction of sp³-hybridized carbons (Fsp3) is 0.263. The van der Waals surface area contributed by atoms with Gasteiger partial charge in [-0.2, -0.15) is 5.26 Å². The van der Waals surface area contributed by atoms with Crippen LogP contribution >= 0.6 is 0 Å². The van der Waals surface area contributed by atoms with Crippen LogP contribution in [0.2, 0.25) is 0 Å². The Labute approximate surface area is 161 Å². The minimum absolute atomic E-state index is 0.131. The number of benzene rings is 1. The fourth-order valence-electron chi connectivity index (χ4n) is 3.02. The highest BCUT2D eigenvalue weighted by atomic mass is 16.5. The highest BCUT2D eigenvalue weighted by molar-refractivity contribution is 5.54. The number of imidazole rings is 1. The number of nitrogens with one attached hydrogen (secondary N) is 1. The van der Waals surface area contributed by atoms with Gasteiger partial charge in [-0.25, -0.2) is 9.78 Å². The third-order valence-electron chi connectivity index (χ3n) is 4.60. The van der Waals surface area contributed by atoms with Crippen LogP contribution in [0.15, 0.2) is 46.2 Å². The number of aromatic nitrogens is 4. The lowest BCUT2D eigenvalue weighted by Crippen LogP contribution is -2.40. The molecule has 3 aromatic rings. The normalized spacial score (nSPS) is 11.7. The number of anilines is 1. The maximum Gasteiger partial charge on any atom is 0.332 e. The number of methoxy groups -OCH3 is 1. The Balaban J connectivity index is 2.22. The Morgan fingerprint density at radius 1 is 1.21 bits per heavy atom. The van der Waals surface area contributed by atoms with Gasteiger partial charge in [0.2, 0.25) is 0 Å². The number of hydrogen-bond donors (Lipinski definition) is 1. The van der Waals surface area contributed by atoms with Crippen molar-refractivity contribution in [3.8, 4) is 11.8 Å². The molecule has 0 saturated heterocycles. The van der Waals surface area contributed by atoms with Gasteiger partial charge in [0.1, 0.15) is 29.5 Å². The molecule has 0 bridgehead atoms. The summed E-state index contributed by atoms with van der Waals surface area (Å²) < 4.78 is 9.29. The first kappa shape index (κ1) is 19.0. The first-order chi connectivity index (χ1) is 13.4. The van der Waals surface area contributed by atoms with Crippen molar-refractivity contribution in [3.63, 3.8) is 0 Å². The Hall–Kier alpha value is -3.80. The second-order valence-corrected chi connectivity index (χ2v) is 6.29. The largest absolute Gasteiger partial charge is 0.497 e. The molecule has 1 atom stereocenters. The molecule has 0 unspecified atom stereocenters. The van der Waals surface area contributed by atoms with E-state index in [1.807, 2.05) is 41.9 Å². The number of ether oxygens (including phenoxy) is 1. The minimum atomic E-state index is -0.655. The van der Waals surface area contributed by atoms with Crippen LogP contribution in [0.1, 0.15) is 23.0 Å². The molecule has 0 saturated carbocycles. The molecule has 144 valence electrons. The maximum atomic E-state index is 12.4. The van der Waals surface area contributed by atoms with Gasteiger partial charge in [-0.1, -0.05) is 12.1 Å². The highest BCUT2D eigenvalue weighted by Gasteiger charge is 2.24. The Morgan fingerprint density at radius 3 is 2.57 bits per heavy atom. The van der Waals surface area contributed by atoms with E-state index in [2.05, 4.69) is 10.3 Å². The molecule has 3 rings (SSSR count). The summed E-state index contributed by atoms with van der Waals surface area (Å²) in [6, 6.07) is 8.73. The van der Waals surface area contributed by atoms with Crippen LogP contribution in [0, 0.1) is 11.3 Å². The number of aryl methyl sites for hydroxylation is 1. The molecule has 9 heteroatoms. The van der Waals surface area contributed by atoms with E-state index in [0.717, 1.165) is 10.1 Å². The molecule has 0 aliphatic carbocycles. The second kappa shape index (κ2) is 7.44. The van der Waals surface area contributed by atoms with Crippen molar-refractivity contribution in [3.05, 3.63) is 74.4 Å². The van der Waals surface area contributed by atoms with E-state index in [1.165, 1.54) is 18.7 Å². The van der Waals surface area contributed by atoms with E-state index in [9.17, 15) is 14.9 Å². The van der Waals surface area contributed by atoms with E-state index in [0.29, 0.717) is 11.6 Å². The zero-order valence-electron chi connectivity index (χ0n) is 16.0. The van der Waals surface area contributed by atoms with Gasteiger partial charge < -0.3 is 14.6 Å². The molecule has 2 aromatic heterocycles. The quantitative estimate of drug-likeness (QED) is 0.705. The average Bonchev–Trinajstić information content (AvgIpc) is 3.13. The van der Waals surface area contributed by atoms with Crippen LogP contribution in [0.25, 0.3) is 0 Å². The lowest BCUT2D eigenvalue weighted by Gasteiger charge is -2.23. The number of nitriles is 1. The van der Waals surface area contributed by atoms with Gasteiger partial charge in [-0.3, -0.25) is 13.9 Å². The zero-order chi connectivity index (χ0) is 20.4. The summed E-state index contributed by atoms with van der Waals surface area (Å²) >= 11 is 0. The molecule has 0 aliphatic rings. The Morgan fingerprint density at radius 2 is 1.96 bits per heavy atom. The molecular weight excluding hydrogens is 360 g/mol. The number of hydrogen-bond acceptors (Lipinski definition) is 6. The molecule has 0 fully saturated rings. The van der Waals surface area contributed by atoms with Gasteiger partial charge >= 0.3 is 5.69 Å². The lowest BCUT2D eigenvalue weighted by molar-refractivity contribution is 0.414. The van der Waals surface area contributed by atoms with Crippen molar-refractivity contribution in [2.45, 2.75) is 6.04 Å². The molecule has 0 aliphatic heterocycles. The van der Waals surface area contributed by atoms with E-state index < -0.39 is 17.3 Å². The summed E-state index contributed by atoms with van der Waals surface area (Å²) in [6.07, 6.45) is 3.44. The summed E-state index contributed by atoms with van der Waals surface area (Å²) in [7, 11) is 6.26. The van der Waals surface area contributed by atoms with E-state index >= 15 is 0 Å². The minimum Gasteiger partial charge on any atom is -0.497 e. The van der Waals surface area contributed by atoms with Gasteiger partial charge in [0.25, 0.3) is 5.56 Å². The predicted molar refractivity (Wildman–Crippen MR) is 103 cm³/mol. The molecule has 2 heterocycles. The fourth-order valence-corrected chi connectivity index (χ4v) is 3.02. The lowest BCUT2D eigenvalue weighted by atomic mass is 10.1. The van der Waals surface area contributed by atoms with Crippen molar-refractivity contribution in [1.82, 2.24) is 18.7 Å². The van der Waals surface area contributed by atoms with Gasteiger partial charge in [-0.15, -0.1) is 0 Å². The summed E-state index contributed by atoms with van der Waals surface area (Å²) in [5, 5.41) is 12.7. The number of nitrogens with zero attached hydrogens (tertiary/aromatic N) is 5. The van der Waals surface area contributed by atoms with Crippen LogP contribution < -0.4 is 21.3 Å². The topological polar surface area (TPSA) is 107 Å². The molecule has 0 spiro atoms. The third-order valence-corrected chi connectivity index (χ3v) is 4.60. The van der Waals surface area contributed by atoms with Crippen LogP contribution in [-0.4, -0.2) is 25.8 Å². The molecule has 1 N–H and O–H groups in total.